The first-order valence-corrected chi connectivity index (χ1v) is 10.3. The topological polar surface area (TPSA) is 29.9 Å². The SMILES string of the molecule is C=CCn1c(CNCCc2ccccc2)nc2ccc(SCCC)cc21. The number of rotatable bonds is 10. The van der Waals surface area contributed by atoms with Gasteiger partial charge in [0.15, 0.2) is 0 Å². The second kappa shape index (κ2) is 9.60. The highest BCUT2D eigenvalue weighted by atomic mass is 32.2. The molecule has 0 saturated carbocycles. The van der Waals surface area contributed by atoms with Crippen molar-refractivity contribution in [2.45, 2.75) is 37.8 Å². The summed E-state index contributed by atoms with van der Waals surface area (Å²) in [5.74, 6) is 2.22. The fourth-order valence-electron chi connectivity index (χ4n) is 3.01. The summed E-state index contributed by atoms with van der Waals surface area (Å²) in [4.78, 5) is 6.15. The number of nitrogens with zero attached hydrogens (tertiary/aromatic N) is 2. The third-order valence-electron chi connectivity index (χ3n) is 4.30. The zero-order valence-corrected chi connectivity index (χ0v) is 16.3. The number of imidazole rings is 1. The van der Waals surface area contributed by atoms with Crippen LogP contribution >= 0.6 is 11.8 Å². The number of nitrogens with one attached hydrogen (secondary N) is 1. The summed E-state index contributed by atoms with van der Waals surface area (Å²) in [5.41, 5.74) is 3.62. The van der Waals surface area contributed by atoms with E-state index in [1.807, 2.05) is 17.8 Å². The van der Waals surface area contributed by atoms with Gasteiger partial charge in [0.1, 0.15) is 5.82 Å². The van der Waals surface area contributed by atoms with Gasteiger partial charge in [0, 0.05) is 11.4 Å². The summed E-state index contributed by atoms with van der Waals surface area (Å²) in [6.07, 6.45) is 4.16. The van der Waals surface area contributed by atoms with E-state index in [4.69, 9.17) is 4.98 Å². The Hall–Kier alpha value is -2.04. The van der Waals surface area contributed by atoms with Crippen LogP contribution in [0.5, 0.6) is 0 Å². The first kappa shape index (κ1) is 18.7. The first-order valence-electron chi connectivity index (χ1n) is 9.29. The van der Waals surface area contributed by atoms with E-state index in [2.05, 4.69) is 71.9 Å². The summed E-state index contributed by atoms with van der Waals surface area (Å²) in [6.45, 7) is 8.63. The molecule has 3 nitrogen and oxygen atoms in total. The van der Waals surface area contributed by atoms with Crippen LogP contribution in [-0.4, -0.2) is 21.8 Å². The summed E-state index contributed by atoms with van der Waals surface area (Å²) in [7, 11) is 0. The van der Waals surface area contributed by atoms with Crippen LogP contribution < -0.4 is 5.32 Å². The minimum Gasteiger partial charge on any atom is -0.323 e. The van der Waals surface area contributed by atoms with Crippen LogP contribution in [0.3, 0.4) is 0 Å². The van der Waals surface area contributed by atoms with Crippen molar-refractivity contribution >= 4 is 22.8 Å². The molecule has 0 unspecified atom stereocenters. The summed E-state index contributed by atoms with van der Waals surface area (Å²) < 4.78 is 2.27. The Morgan fingerprint density at radius 1 is 1.19 bits per heavy atom. The van der Waals surface area contributed by atoms with Crippen molar-refractivity contribution in [3.05, 3.63) is 72.6 Å². The van der Waals surface area contributed by atoms with Crippen molar-refractivity contribution < 1.29 is 0 Å². The second-order valence-electron chi connectivity index (χ2n) is 6.34. The van der Waals surface area contributed by atoms with E-state index >= 15 is 0 Å². The van der Waals surface area contributed by atoms with Gasteiger partial charge in [-0.25, -0.2) is 4.98 Å². The predicted octanol–water partition coefficient (Wildman–Crippen LogP) is 5.06. The fourth-order valence-corrected chi connectivity index (χ4v) is 3.81. The molecule has 4 heteroatoms. The number of hydrogen-bond donors (Lipinski definition) is 1. The molecule has 3 rings (SSSR count). The lowest BCUT2D eigenvalue weighted by Gasteiger charge is -2.08. The summed E-state index contributed by atoms with van der Waals surface area (Å²) >= 11 is 1.91. The lowest BCUT2D eigenvalue weighted by molar-refractivity contribution is 0.631. The van der Waals surface area contributed by atoms with Gasteiger partial charge in [-0.1, -0.05) is 43.3 Å². The van der Waals surface area contributed by atoms with Crippen molar-refractivity contribution in [3.8, 4) is 0 Å². The molecule has 0 bridgehead atoms. The molecule has 1 heterocycles. The first-order chi connectivity index (χ1) is 12.8. The molecule has 3 aromatic rings. The zero-order chi connectivity index (χ0) is 18.2. The minimum atomic E-state index is 0.771. The average molecular weight is 366 g/mol. The van der Waals surface area contributed by atoms with Gasteiger partial charge in [0.25, 0.3) is 0 Å². The molecule has 0 aliphatic rings. The lowest BCUT2D eigenvalue weighted by Crippen LogP contribution is -2.19. The number of thioether (sulfide) groups is 1. The van der Waals surface area contributed by atoms with Crippen LogP contribution in [0.4, 0.5) is 0 Å². The van der Waals surface area contributed by atoms with E-state index < -0.39 is 0 Å². The standard InChI is InChI=1S/C22H27N3S/c1-3-14-25-21-16-19(26-15-4-2)10-11-20(21)24-22(25)17-23-13-12-18-8-6-5-7-9-18/h3,5-11,16,23H,1,4,12-15,17H2,2H3. The van der Waals surface area contributed by atoms with E-state index in [0.717, 1.165) is 43.1 Å². The predicted molar refractivity (Wildman–Crippen MR) is 113 cm³/mol. The lowest BCUT2D eigenvalue weighted by atomic mass is 10.1. The van der Waals surface area contributed by atoms with Gasteiger partial charge in [0.05, 0.1) is 17.6 Å². The normalized spacial score (nSPS) is 11.1. The molecule has 0 radical (unpaired) electrons. The van der Waals surface area contributed by atoms with Crippen LogP contribution in [-0.2, 0) is 19.5 Å². The van der Waals surface area contributed by atoms with Gasteiger partial charge < -0.3 is 9.88 Å². The van der Waals surface area contributed by atoms with Crippen molar-refractivity contribution in [2.75, 3.05) is 12.3 Å². The van der Waals surface area contributed by atoms with E-state index in [1.165, 1.54) is 22.4 Å². The van der Waals surface area contributed by atoms with Crippen LogP contribution in [0.1, 0.15) is 24.7 Å². The van der Waals surface area contributed by atoms with E-state index in [-0.39, 0.29) is 0 Å². The number of fused-ring (bicyclic) bond motifs is 1. The van der Waals surface area contributed by atoms with Crippen molar-refractivity contribution in [1.82, 2.24) is 14.9 Å². The third kappa shape index (κ3) is 4.77. The van der Waals surface area contributed by atoms with E-state index in [1.54, 1.807) is 0 Å². The highest BCUT2D eigenvalue weighted by Crippen LogP contribution is 2.25. The maximum Gasteiger partial charge on any atom is 0.124 e. The van der Waals surface area contributed by atoms with Gasteiger partial charge in [-0.2, -0.15) is 0 Å². The Morgan fingerprint density at radius 3 is 2.81 bits per heavy atom. The Kier molecular flexibility index (Phi) is 6.92. The number of benzene rings is 2. The van der Waals surface area contributed by atoms with Gasteiger partial charge in [-0.15, -0.1) is 18.3 Å². The Morgan fingerprint density at radius 2 is 2.04 bits per heavy atom. The highest BCUT2D eigenvalue weighted by molar-refractivity contribution is 7.99. The fraction of sp³-hybridized carbons (Fsp3) is 0.318. The molecule has 0 aliphatic carbocycles. The van der Waals surface area contributed by atoms with E-state index in [9.17, 15) is 0 Å². The van der Waals surface area contributed by atoms with Gasteiger partial charge in [-0.3, -0.25) is 0 Å². The van der Waals surface area contributed by atoms with Crippen LogP contribution in [0.2, 0.25) is 0 Å². The largest absolute Gasteiger partial charge is 0.323 e. The van der Waals surface area contributed by atoms with Crippen molar-refractivity contribution in [3.63, 3.8) is 0 Å². The van der Waals surface area contributed by atoms with Crippen LogP contribution in [0.15, 0.2) is 66.1 Å². The Balaban J connectivity index is 1.70. The molecule has 0 atom stereocenters. The molecule has 26 heavy (non-hydrogen) atoms. The maximum atomic E-state index is 4.84. The second-order valence-corrected chi connectivity index (χ2v) is 7.51. The maximum absolute atomic E-state index is 4.84. The van der Waals surface area contributed by atoms with Crippen molar-refractivity contribution in [2.24, 2.45) is 0 Å². The van der Waals surface area contributed by atoms with E-state index in [0.29, 0.717) is 0 Å². The molecule has 0 fully saturated rings. The number of aromatic nitrogens is 2. The molecular weight excluding hydrogens is 338 g/mol. The summed E-state index contributed by atoms with van der Waals surface area (Å²) in [5, 5.41) is 3.54. The molecule has 0 amide bonds. The average Bonchev–Trinajstić information content (AvgIpc) is 3.02. The van der Waals surface area contributed by atoms with Gasteiger partial charge >= 0.3 is 0 Å². The molecular formula is C22H27N3S. The molecule has 0 spiro atoms. The van der Waals surface area contributed by atoms with Gasteiger partial charge in [0.2, 0.25) is 0 Å². The zero-order valence-electron chi connectivity index (χ0n) is 15.4. The minimum absolute atomic E-state index is 0.771. The smallest absolute Gasteiger partial charge is 0.124 e. The quantitative estimate of drug-likeness (QED) is 0.309. The molecule has 136 valence electrons. The van der Waals surface area contributed by atoms with Gasteiger partial charge in [-0.05, 0) is 48.9 Å². The molecule has 0 saturated heterocycles. The van der Waals surface area contributed by atoms with Crippen molar-refractivity contribution in [1.29, 1.82) is 0 Å². The van der Waals surface area contributed by atoms with Crippen LogP contribution in [0.25, 0.3) is 11.0 Å². The Labute approximate surface area is 160 Å². The third-order valence-corrected chi connectivity index (χ3v) is 5.50. The molecule has 1 N–H and O–H groups in total. The molecule has 2 aromatic carbocycles. The summed E-state index contributed by atoms with van der Waals surface area (Å²) in [6, 6.07) is 17.2. The van der Waals surface area contributed by atoms with Crippen LogP contribution in [0, 0.1) is 0 Å². The Bertz CT molecular complexity index is 839. The molecule has 0 aliphatic heterocycles. The number of allylic oxidation sites excluding steroid dienone is 1. The number of hydrogen-bond acceptors (Lipinski definition) is 3. The highest BCUT2D eigenvalue weighted by Gasteiger charge is 2.10. The molecule has 1 aromatic heterocycles. The monoisotopic (exact) mass is 365 g/mol.